The van der Waals surface area contributed by atoms with Gasteiger partial charge in [-0.25, -0.2) is 14.0 Å². The first-order valence-corrected chi connectivity index (χ1v) is 9.23. The first-order valence-electron chi connectivity index (χ1n) is 9.23. The molecular weight excluding hydrogens is 337 g/mol. The van der Waals surface area contributed by atoms with Gasteiger partial charge < -0.3 is 14.8 Å². The summed E-state index contributed by atoms with van der Waals surface area (Å²) >= 11 is 0. The number of nitrogens with one attached hydrogen (secondary N) is 1. The van der Waals surface area contributed by atoms with Crippen LogP contribution in [0.3, 0.4) is 0 Å². The third kappa shape index (κ3) is 5.71. The van der Waals surface area contributed by atoms with Gasteiger partial charge in [0.05, 0.1) is 13.7 Å². The summed E-state index contributed by atoms with van der Waals surface area (Å²) in [6.45, 7) is 2.31. The van der Waals surface area contributed by atoms with Gasteiger partial charge in [0.15, 0.2) is 0 Å². The van der Waals surface area contributed by atoms with Crippen LogP contribution < -0.4 is 5.32 Å². The monoisotopic (exact) mass is 365 g/mol. The Morgan fingerprint density at radius 1 is 1.27 bits per heavy atom. The van der Waals surface area contributed by atoms with Crippen molar-refractivity contribution < 1.29 is 23.5 Å². The van der Waals surface area contributed by atoms with E-state index in [4.69, 9.17) is 9.47 Å². The molecule has 26 heavy (non-hydrogen) atoms. The summed E-state index contributed by atoms with van der Waals surface area (Å²) in [5.74, 6) is -0.715. The van der Waals surface area contributed by atoms with Crippen LogP contribution in [0.2, 0.25) is 0 Å². The molecule has 1 aliphatic rings. The summed E-state index contributed by atoms with van der Waals surface area (Å²) in [5, 5.41) is 2.61. The summed E-state index contributed by atoms with van der Waals surface area (Å²) in [7, 11) is 1.31. The Bertz CT molecular complexity index is 598. The van der Waals surface area contributed by atoms with Crippen molar-refractivity contribution in [2.45, 2.75) is 57.9 Å². The number of unbranched alkanes of at least 4 members (excludes halogenated alkanes) is 1. The molecule has 1 aromatic rings. The predicted molar refractivity (Wildman–Crippen MR) is 96.2 cm³/mol. The molecule has 0 radical (unpaired) electrons. The minimum absolute atomic E-state index is 0.0979. The molecule has 1 aliphatic carbocycles. The van der Waals surface area contributed by atoms with Gasteiger partial charge in [-0.1, -0.05) is 38.3 Å². The van der Waals surface area contributed by atoms with E-state index in [1.165, 1.54) is 19.2 Å². The van der Waals surface area contributed by atoms with Crippen molar-refractivity contribution in [2.24, 2.45) is 5.41 Å². The Balaban J connectivity index is 1.87. The van der Waals surface area contributed by atoms with Crippen LogP contribution in [-0.2, 0) is 20.7 Å². The molecule has 144 valence electrons. The number of benzene rings is 1. The Morgan fingerprint density at radius 2 is 1.96 bits per heavy atom. The van der Waals surface area contributed by atoms with E-state index < -0.39 is 18.1 Å². The maximum absolute atomic E-state index is 13.1. The second-order valence-electron chi connectivity index (χ2n) is 7.10. The Kier molecular flexibility index (Phi) is 7.42. The molecule has 1 amide bonds. The molecule has 0 heterocycles. The Hall–Kier alpha value is -2.11. The summed E-state index contributed by atoms with van der Waals surface area (Å²) in [6.07, 6.45) is 5.44. The normalized spacial score (nSPS) is 16.3. The third-order valence-corrected chi connectivity index (χ3v) is 5.04. The second kappa shape index (κ2) is 9.55. The largest absolute Gasteiger partial charge is 0.467 e. The topological polar surface area (TPSA) is 64.6 Å². The molecule has 1 atom stereocenters. The van der Waals surface area contributed by atoms with Gasteiger partial charge in [-0.05, 0) is 43.4 Å². The van der Waals surface area contributed by atoms with Crippen LogP contribution in [0.5, 0.6) is 0 Å². The number of esters is 1. The van der Waals surface area contributed by atoms with Crippen LogP contribution in [-0.4, -0.2) is 31.8 Å². The molecule has 5 nitrogen and oxygen atoms in total. The zero-order valence-electron chi connectivity index (χ0n) is 15.6. The van der Waals surface area contributed by atoms with E-state index in [0.717, 1.165) is 44.1 Å². The van der Waals surface area contributed by atoms with E-state index in [1.807, 2.05) is 6.92 Å². The van der Waals surface area contributed by atoms with E-state index >= 15 is 0 Å². The van der Waals surface area contributed by atoms with Gasteiger partial charge in [0, 0.05) is 5.41 Å². The molecule has 2 rings (SSSR count). The predicted octanol–water partition coefficient (Wildman–Crippen LogP) is 4.00. The van der Waals surface area contributed by atoms with Gasteiger partial charge in [0.2, 0.25) is 0 Å². The number of hydrogen-bond donors (Lipinski definition) is 1. The molecule has 0 bridgehead atoms. The molecule has 0 aliphatic heterocycles. The van der Waals surface area contributed by atoms with Gasteiger partial charge in [0.1, 0.15) is 11.9 Å². The summed E-state index contributed by atoms with van der Waals surface area (Å²) in [5.41, 5.74) is 0.935. The number of rotatable bonds is 9. The SMILES string of the molecule is CCCC[C@H](NC(=O)OCC1(Cc2ccc(F)cc2)CCC1)C(=O)OC. The maximum atomic E-state index is 13.1. The Morgan fingerprint density at radius 3 is 2.50 bits per heavy atom. The summed E-state index contributed by atoms with van der Waals surface area (Å²) in [6, 6.07) is 5.76. The fraction of sp³-hybridized carbons (Fsp3) is 0.600. The van der Waals surface area contributed by atoms with Crippen molar-refractivity contribution >= 4 is 12.1 Å². The maximum Gasteiger partial charge on any atom is 0.407 e. The van der Waals surface area contributed by atoms with Crippen LogP contribution >= 0.6 is 0 Å². The average molecular weight is 365 g/mol. The fourth-order valence-electron chi connectivity index (χ4n) is 3.29. The van der Waals surface area contributed by atoms with Crippen LogP contribution in [0.25, 0.3) is 0 Å². The van der Waals surface area contributed by atoms with E-state index in [-0.39, 0.29) is 17.8 Å². The lowest BCUT2D eigenvalue weighted by molar-refractivity contribution is -0.143. The highest BCUT2D eigenvalue weighted by Gasteiger charge is 2.38. The fourth-order valence-corrected chi connectivity index (χ4v) is 3.29. The van der Waals surface area contributed by atoms with E-state index in [9.17, 15) is 14.0 Å². The van der Waals surface area contributed by atoms with Crippen molar-refractivity contribution in [3.05, 3.63) is 35.6 Å². The van der Waals surface area contributed by atoms with Crippen molar-refractivity contribution in [1.29, 1.82) is 0 Å². The van der Waals surface area contributed by atoms with Crippen LogP contribution in [0, 0.1) is 11.2 Å². The van der Waals surface area contributed by atoms with Crippen LogP contribution in [0.4, 0.5) is 9.18 Å². The van der Waals surface area contributed by atoms with Gasteiger partial charge in [0.25, 0.3) is 0 Å². The quantitative estimate of drug-likeness (QED) is 0.672. The molecule has 1 fully saturated rings. The van der Waals surface area contributed by atoms with Gasteiger partial charge in [-0.3, -0.25) is 0 Å². The molecule has 1 aromatic carbocycles. The lowest BCUT2D eigenvalue weighted by Gasteiger charge is -2.41. The van der Waals surface area contributed by atoms with Crippen molar-refractivity contribution in [3.63, 3.8) is 0 Å². The number of methoxy groups -OCH3 is 1. The van der Waals surface area contributed by atoms with E-state index in [1.54, 1.807) is 12.1 Å². The van der Waals surface area contributed by atoms with Crippen LogP contribution in [0.1, 0.15) is 51.0 Å². The molecule has 1 saturated carbocycles. The number of amides is 1. The Labute approximate surface area is 154 Å². The lowest BCUT2D eigenvalue weighted by atomic mass is 9.66. The third-order valence-electron chi connectivity index (χ3n) is 5.04. The highest BCUT2D eigenvalue weighted by atomic mass is 19.1. The molecule has 1 N–H and O–H groups in total. The molecule has 0 spiro atoms. The molecule has 0 aromatic heterocycles. The average Bonchev–Trinajstić information content (AvgIpc) is 2.61. The minimum Gasteiger partial charge on any atom is -0.467 e. The van der Waals surface area contributed by atoms with Crippen molar-refractivity contribution in [1.82, 2.24) is 5.32 Å². The number of carbonyl (C=O) groups is 2. The zero-order valence-corrected chi connectivity index (χ0v) is 15.6. The number of alkyl carbamates (subject to hydrolysis) is 1. The molecule has 6 heteroatoms. The van der Waals surface area contributed by atoms with Gasteiger partial charge in [-0.2, -0.15) is 0 Å². The number of ether oxygens (including phenoxy) is 2. The zero-order chi connectivity index (χ0) is 19.0. The number of halogens is 1. The molecular formula is C20H28FNO4. The van der Waals surface area contributed by atoms with Gasteiger partial charge >= 0.3 is 12.1 Å². The van der Waals surface area contributed by atoms with Crippen molar-refractivity contribution in [2.75, 3.05) is 13.7 Å². The second-order valence-corrected chi connectivity index (χ2v) is 7.10. The molecule has 0 saturated heterocycles. The standard InChI is InChI=1S/C20H28FNO4/c1-3-4-6-17(18(23)25-2)22-19(24)26-14-20(11-5-12-20)13-15-7-9-16(21)10-8-15/h7-10,17H,3-6,11-14H2,1-2H3,(H,22,24)/t17-/m0/s1. The lowest BCUT2D eigenvalue weighted by Crippen LogP contribution is -2.44. The minimum atomic E-state index is -0.679. The van der Waals surface area contributed by atoms with Gasteiger partial charge in [-0.15, -0.1) is 0 Å². The molecule has 0 unspecified atom stereocenters. The van der Waals surface area contributed by atoms with Crippen molar-refractivity contribution in [3.8, 4) is 0 Å². The van der Waals surface area contributed by atoms with Crippen LogP contribution in [0.15, 0.2) is 24.3 Å². The first-order chi connectivity index (χ1) is 12.5. The highest BCUT2D eigenvalue weighted by Crippen LogP contribution is 2.44. The summed E-state index contributed by atoms with van der Waals surface area (Å²) in [4.78, 5) is 23.9. The first kappa shape index (κ1) is 20.2. The van der Waals surface area contributed by atoms with E-state index in [0.29, 0.717) is 6.42 Å². The summed E-state index contributed by atoms with van der Waals surface area (Å²) < 4.78 is 23.2. The smallest absolute Gasteiger partial charge is 0.407 e. The number of hydrogen-bond acceptors (Lipinski definition) is 4. The highest BCUT2D eigenvalue weighted by molar-refractivity contribution is 5.81. The van der Waals surface area contributed by atoms with E-state index in [2.05, 4.69) is 5.32 Å². The number of carbonyl (C=O) groups excluding carboxylic acids is 2.